The number of hydrogen-bond acceptors (Lipinski definition) is 9. The van der Waals surface area contributed by atoms with Gasteiger partial charge in [-0.15, -0.1) is 0 Å². The fourth-order valence-corrected chi connectivity index (χ4v) is 6.07. The molecule has 2 aliphatic rings. The maximum absolute atomic E-state index is 13.8. The molecular formula is C35H34F2N8O4. The van der Waals surface area contributed by atoms with E-state index < -0.39 is 11.6 Å². The van der Waals surface area contributed by atoms with Crippen molar-refractivity contribution in [3.8, 4) is 11.6 Å². The summed E-state index contributed by atoms with van der Waals surface area (Å²) in [6, 6.07) is 15.9. The predicted molar refractivity (Wildman–Crippen MR) is 179 cm³/mol. The molecule has 1 aromatic carbocycles. The zero-order valence-electron chi connectivity index (χ0n) is 27.1. The minimum absolute atomic E-state index is 0.0507. The van der Waals surface area contributed by atoms with E-state index in [1.165, 1.54) is 17.0 Å². The van der Waals surface area contributed by atoms with Crippen LogP contribution in [0.5, 0.6) is 5.75 Å². The molecule has 1 amide bonds. The van der Waals surface area contributed by atoms with Crippen molar-refractivity contribution in [2.75, 3.05) is 31.5 Å². The predicted octanol–water partition coefficient (Wildman–Crippen LogP) is 5.21. The van der Waals surface area contributed by atoms with Gasteiger partial charge >= 0.3 is 0 Å². The Hall–Kier alpha value is -5.63. The Morgan fingerprint density at radius 3 is 2.61 bits per heavy atom. The van der Waals surface area contributed by atoms with Crippen molar-refractivity contribution >= 4 is 28.9 Å². The number of nitrogens with zero attached hydrogens (tertiary/aromatic N) is 6. The molecule has 3 atom stereocenters. The monoisotopic (exact) mass is 668 g/mol. The van der Waals surface area contributed by atoms with Gasteiger partial charge in [0.05, 0.1) is 25.5 Å². The quantitative estimate of drug-likeness (QED) is 0.195. The smallest absolute Gasteiger partial charge is 0.279 e. The van der Waals surface area contributed by atoms with Crippen LogP contribution in [0.25, 0.3) is 11.5 Å². The van der Waals surface area contributed by atoms with Crippen molar-refractivity contribution in [3.63, 3.8) is 0 Å². The molecule has 252 valence electrons. The first kappa shape index (κ1) is 31.9. The summed E-state index contributed by atoms with van der Waals surface area (Å²) in [7, 11) is 5.13. The van der Waals surface area contributed by atoms with Gasteiger partial charge < -0.3 is 25.0 Å². The first-order valence-electron chi connectivity index (χ1n) is 15.8. The number of aromatic nitrogens is 5. The highest BCUT2D eigenvalue weighted by Crippen LogP contribution is 2.49. The van der Waals surface area contributed by atoms with Gasteiger partial charge in [0.25, 0.3) is 17.5 Å². The van der Waals surface area contributed by atoms with E-state index in [1.54, 1.807) is 55.3 Å². The molecule has 49 heavy (non-hydrogen) atoms. The summed E-state index contributed by atoms with van der Waals surface area (Å²) >= 11 is 0. The van der Waals surface area contributed by atoms with Gasteiger partial charge in [0, 0.05) is 50.7 Å². The van der Waals surface area contributed by atoms with Crippen molar-refractivity contribution in [1.82, 2.24) is 29.5 Å². The molecule has 4 aromatic heterocycles. The van der Waals surface area contributed by atoms with Crippen LogP contribution in [0, 0.1) is 0 Å². The van der Waals surface area contributed by atoms with Crippen molar-refractivity contribution in [2.45, 2.75) is 43.9 Å². The fourth-order valence-electron chi connectivity index (χ4n) is 6.07. The highest BCUT2D eigenvalue weighted by atomic mass is 19.3. The zero-order valence-corrected chi connectivity index (χ0v) is 27.1. The minimum Gasteiger partial charge on any atom is -0.497 e. The van der Waals surface area contributed by atoms with Crippen LogP contribution in [0.1, 0.15) is 46.7 Å². The number of hydrogen-bond donors (Lipinski definition) is 2. The highest BCUT2D eigenvalue weighted by molar-refractivity contribution is 6.00. The first-order chi connectivity index (χ1) is 23.7. The van der Waals surface area contributed by atoms with Crippen LogP contribution < -0.4 is 25.8 Å². The van der Waals surface area contributed by atoms with Gasteiger partial charge in [-0.1, -0.05) is 12.1 Å². The molecule has 0 aliphatic heterocycles. The summed E-state index contributed by atoms with van der Waals surface area (Å²) < 4.78 is 39.9. The maximum atomic E-state index is 13.8. The van der Waals surface area contributed by atoms with Crippen LogP contribution in [-0.4, -0.2) is 63.5 Å². The van der Waals surface area contributed by atoms with Crippen LogP contribution in [0.3, 0.4) is 0 Å². The normalized spacial score (nSPS) is 18.1. The van der Waals surface area contributed by atoms with Gasteiger partial charge in [-0.3, -0.25) is 14.2 Å². The number of rotatable bonds is 11. The van der Waals surface area contributed by atoms with E-state index in [2.05, 4.69) is 20.7 Å². The van der Waals surface area contributed by atoms with Crippen molar-refractivity contribution < 1.29 is 23.0 Å². The van der Waals surface area contributed by atoms with Crippen LogP contribution in [0.2, 0.25) is 0 Å². The summed E-state index contributed by atoms with van der Waals surface area (Å²) in [4.78, 5) is 38.3. The topological polar surface area (TPSA) is 128 Å². The largest absolute Gasteiger partial charge is 0.497 e. The average Bonchev–Trinajstić information content (AvgIpc) is 3.80. The van der Waals surface area contributed by atoms with Crippen LogP contribution in [0.15, 0.2) is 89.6 Å². The third kappa shape index (κ3) is 6.34. The summed E-state index contributed by atoms with van der Waals surface area (Å²) in [6.07, 6.45) is 4.81. The molecule has 12 nitrogen and oxygen atoms in total. The molecule has 2 N–H and O–H groups in total. The summed E-state index contributed by atoms with van der Waals surface area (Å²) in [5, 5.41) is 10.7. The Bertz CT molecular complexity index is 2120. The number of carbonyl (C=O) groups excluding carboxylic acids is 1. The number of methoxy groups -OCH3 is 2. The van der Waals surface area contributed by atoms with E-state index in [-0.39, 0.29) is 47.2 Å². The van der Waals surface area contributed by atoms with Gasteiger partial charge in [0.2, 0.25) is 0 Å². The van der Waals surface area contributed by atoms with Gasteiger partial charge in [0.1, 0.15) is 34.5 Å². The molecular weight excluding hydrogens is 634 g/mol. The van der Waals surface area contributed by atoms with Gasteiger partial charge in [0.15, 0.2) is 5.65 Å². The number of fused-ring (bicyclic) bond motifs is 1. The Kier molecular flexibility index (Phi) is 8.55. The number of allylic oxidation sites excluding steroid dienone is 1. The van der Waals surface area contributed by atoms with Crippen molar-refractivity contribution in [3.05, 3.63) is 112 Å². The molecule has 0 radical (unpaired) electrons. The number of carbonyl (C=O) groups is 1. The molecule has 0 saturated heterocycles. The van der Waals surface area contributed by atoms with Gasteiger partial charge in [-0.2, -0.15) is 18.4 Å². The zero-order chi connectivity index (χ0) is 34.2. The molecule has 2 fully saturated rings. The summed E-state index contributed by atoms with van der Waals surface area (Å²) in [6.45, 7) is 0.492. The number of anilines is 3. The average molecular weight is 669 g/mol. The lowest BCUT2D eigenvalue weighted by Crippen LogP contribution is -2.51. The molecule has 4 heterocycles. The Morgan fingerprint density at radius 1 is 1.10 bits per heavy atom. The number of benzene rings is 1. The van der Waals surface area contributed by atoms with E-state index in [0.717, 1.165) is 24.2 Å². The molecule has 7 rings (SSSR count). The number of nitrogens with one attached hydrogen (secondary N) is 2. The van der Waals surface area contributed by atoms with Crippen molar-refractivity contribution in [1.29, 1.82) is 0 Å². The lowest BCUT2D eigenvalue weighted by molar-refractivity contribution is 0.00732. The molecule has 0 spiro atoms. The first-order valence-corrected chi connectivity index (χ1v) is 15.8. The molecule has 2 aliphatic carbocycles. The summed E-state index contributed by atoms with van der Waals surface area (Å²) in [5.41, 5.74) is 2.12. The number of amides is 1. The maximum Gasteiger partial charge on any atom is 0.279 e. The second-order valence-electron chi connectivity index (χ2n) is 12.1. The fraction of sp³-hybridized carbons (Fsp3) is 0.286. The van der Waals surface area contributed by atoms with E-state index in [9.17, 15) is 18.4 Å². The molecule has 2 saturated carbocycles. The lowest BCUT2D eigenvalue weighted by atomic mass is 9.89. The van der Waals surface area contributed by atoms with E-state index in [0.29, 0.717) is 35.2 Å². The highest BCUT2D eigenvalue weighted by Gasteiger charge is 2.36. The Morgan fingerprint density at radius 2 is 1.92 bits per heavy atom. The third-order valence-electron chi connectivity index (χ3n) is 9.05. The van der Waals surface area contributed by atoms with Crippen LogP contribution >= 0.6 is 0 Å². The second-order valence-corrected chi connectivity index (χ2v) is 12.1. The van der Waals surface area contributed by atoms with E-state index >= 15 is 0 Å². The minimum atomic E-state index is -1.66. The van der Waals surface area contributed by atoms with Crippen molar-refractivity contribution in [2.24, 2.45) is 0 Å². The Balaban J connectivity index is 1.23. The standard InChI is InChI=1S/C35H34F2N8O4/c1-43(19-20-6-8-22(48-2)9-7-20)31-17-29(42-33-25(18-39-45(31)33)34(46)41-26-10-11-28(26)49-3)40-27-5-4-14-44(35(27)47)30-15-21(12-13-38-30)23-16-24(23)32(36)37/h4-9,12-15,17-18,23,26,28H,10-11,16,19H2,1-3H3,(H,40,42)(H,41,46)/t23?,26-,28-/m1/s1. The number of halogens is 2. The van der Waals surface area contributed by atoms with Crippen LogP contribution in [0.4, 0.5) is 26.1 Å². The number of pyridine rings is 2. The SMILES string of the molecule is COc1ccc(CN(C)c2cc(Nc3cccn(-c4cc(C5CC5=C(F)F)ccn4)c3=O)nc3c(C(=O)N[C@@H]4CC[C@H]4OC)cnn23)cc1. The molecule has 1 unspecified atom stereocenters. The number of ether oxygens (including phenoxy) is 2. The van der Waals surface area contributed by atoms with E-state index in [1.807, 2.05) is 36.2 Å². The molecule has 5 aromatic rings. The third-order valence-corrected chi connectivity index (χ3v) is 9.05. The lowest BCUT2D eigenvalue weighted by Gasteiger charge is -2.35. The molecule has 0 bridgehead atoms. The Labute approximate surface area is 280 Å². The molecule has 14 heteroatoms. The van der Waals surface area contributed by atoms with Gasteiger partial charge in [-0.25, -0.2) is 9.97 Å². The second kappa shape index (κ2) is 13.1. The van der Waals surface area contributed by atoms with Crippen LogP contribution in [-0.2, 0) is 11.3 Å². The summed E-state index contributed by atoms with van der Waals surface area (Å²) in [5.74, 6) is 1.26. The van der Waals surface area contributed by atoms with Gasteiger partial charge in [-0.05, 0) is 66.8 Å². The van der Waals surface area contributed by atoms with E-state index in [4.69, 9.17) is 14.5 Å².